The molecule has 2 aromatic rings. The lowest BCUT2D eigenvalue weighted by Gasteiger charge is -2.13. The highest BCUT2D eigenvalue weighted by Gasteiger charge is 2.28. The highest BCUT2D eigenvalue weighted by atomic mass is 19.1. The number of nitrogens with zero attached hydrogens (tertiary/aromatic N) is 2. The predicted molar refractivity (Wildman–Crippen MR) is 101 cm³/mol. The second kappa shape index (κ2) is 7.54. The molecule has 1 aliphatic rings. The highest BCUT2D eigenvalue weighted by molar-refractivity contribution is 6.35. The molecule has 2 N–H and O–H groups in total. The second-order valence-corrected chi connectivity index (χ2v) is 6.03. The number of carbonyl (C=O) groups excluding carboxylic acids is 1. The summed E-state index contributed by atoms with van der Waals surface area (Å²) in [4.78, 5) is 21.7. The van der Waals surface area contributed by atoms with E-state index in [0.29, 0.717) is 29.1 Å². The fourth-order valence-electron chi connectivity index (χ4n) is 2.86. The van der Waals surface area contributed by atoms with Crippen LogP contribution < -0.4 is 5.32 Å². The number of rotatable bonds is 4. The maximum atomic E-state index is 14.5. The summed E-state index contributed by atoms with van der Waals surface area (Å²) in [6.45, 7) is 8.29. The zero-order valence-corrected chi connectivity index (χ0v) is 15.1. The molecule has 3 rings (SSSR count). The monoisotopic (exact) mass is 352 g/mol. The largest absolute Gasteiger partial charge is 0.348 e. The third-order valence-electron chi connectivity index (χ3n) is 4.48. The Bertz CT molecular complexity index is 929. The minimum atomic E-state index is -0.433. The van der Waals surface area contributed by atoms with Crippen LogP contribution in [0.2, 0.25) is 0 Å². The lowest BCUT2D eigenvalue weighted by Crippen LogP contribution is -2.22. The molecule has 0 radical (unpaired) electrons. The Hall–Kier alpha value is -2.91. The van der Waals surface area contributed by atoms with Gasteiger partial charge in [0, 0.05) is 11.3 Å². The van der Waals surface area contributed by atoms with Gasteiger partial charge in [0.15, 0.2) is 0 Å². The molecule has 0 unspecified atom stereocenters. The number of aryl methyl sites for hydroxylation is 1. The summed E-state index contributed by atoms with van der Waals surface area (Å²) in [6, 6.07) is 2.90. The van der Waals surface area contributed by atoms with Gasteiger partial charge in [-0.25, -0.2) is 9.37 Å². The Morgan fingerprint density at radius 1 is 1.31 bits per heavy atom. The minimum absolute atomic E-state index is 0.243. The zero-order chi connectivity index (χ0) is 18.7. The van der Waals surface area contributed by atoms with E-state index >= 15 is 0 Å². The van der Waals surface area contributed by atoms with Gasteiger partial charge in [-0.2, -0.15) is 0 Å². The molecule has 1 aromatic carbocycles. The number of H-pyrrole nitrogens is 1. The quantitative estimate of drug-likeness (QED) is 0.657. The first-order valence-electron chi connectivity index (χ1n) is 8.62. The van der Waals surface area contributed by atoms with Crippen LogP contribution in [0.3, 0.4) is 0 Å². The van der Waals surface area contributed by atoms with Gasteiger partial charge < -0.3 is 10.3 Å². The number of anilines is 1. The molecule has 6 heteroatoms. The molecule has 0 atom stereocenters. The van der Waals surface area contributed by atoms with E-state index in [1.54, 1.807) is 18.5 Å². The SMILES string of the molecule is CCN(CC)CC#Cc1c(F)ccc2c1C(=Cc1nc[nH]c1C)C(=O)N2. The van der Waals surface area contributed by atoms with E-state index in [4.69, 9.17) is 0 Å². The van der Waals surface area contributed by atoms with Gasteiger partial charge in [0.05, 0.1) is 35.4 Å². The average Bonchev–Trinajstić information content (AvgIpc) is 3.17. The standard InChI is InChI=1S/C20H21FN4O/c1-4-25(5-2)10-6-7-14-16(21)8-9-17-19(14)15(20(26)24-17)11-18-13(3)22-12-23-18/h8-9,11-12H,4-5,10H2,1-3H3,(H,22,23)(H,24,26). The first kappa shape index (κ1) is 17.9. The Labute approximate surface area is 152 Å². The van der Waals surface area contributed by atoms with Crippen molar-refractivity contribution in [3.05, 3.63) is 46.8 Å². The number of carbonyl (C=O) groups is 1. The van der Waals surface area contributed by atoms with Crippen molar-refractivity contribution in [3.8, 4) is 11.8 Å². The number of hydrogen-bond acceptors (Lipinski definition) is 3. The smallest absolute Gasteiger partial charge is 0.256 e. The van der Waals surface area contributed by atoms with Gasteiger partial charge >= 0.3 is 0 Å². The molecule has 0 saturated heterocycles. The molecule has 134 valence electrons. The van der Waals surface area contributed by atoms with Crippen LogP contribution in [0.25, 0.3) is 11.6 Å². The molecule has 1 aromatic heterocycles. The number of amides is 1. The maximum Gasteiger partial charge on any atom is 0.256 e. The van der Waals surface area contributed by atoms with Crippen LogP contribution >= 0.6 is 0 Å². The van der Waals surface area contributed by atoms with Gasteiger partial charge in [-0.05, 0) is 38.2 Å². The molecule has 0 bridgehead atoms. The summed E-state index contributed by atoms with van der Waals surface area (Å²) in [7, 11) is 0. The summed E-state index contributed by atoms with van der Waals surface area (Å²) in [5, 5.41) is 2.78. The summed E-state index contributed by atoms with van der Waals surface area (Å²) in [6.07, 6.45) is 3.23. The molecule has 0 aliphatic carbocycles. The van der Waals surface area contributed by atoms with Gasteiger partial charge in [0.1, 0.15) is 5.82 Å². The summed E-state index contributed by atoms with van der Waals surface area (Å²) in [5.41, 5.74) is 3.18. The van der Waals surface area contributed by atoms with Gasteiger partial charge in [-0.1, -0.05) is 25.7 Å². The van der Waals surface area contributed by atoms with Crippen LogP contribution in [-0.2, 0) is 4.79 Å². The number of hydrogen-bond donors (Lipinski definition) is 2. The summed E-state index contributed by atoms with van der Waals surface area (Å²) < 4.78 is 14.5. The van der Waals surface area contributed by atoms with Crippen molar-refractivity contribution in [2.75, 3.05) is 25.0 Å². The third kappa shape index (κ3) is 3.39. The van der Waals surface area contributed by atoms with Crippen molar-refractivity contribution in [1.29, 1.82) is 0 Å². The van der Waals surface area contributed by atoms with Crippen molar-refractivity contribution in [2.45, 2.75) is 20.8 Å². The number of imidazole rings is 1. The lowest BCUT2D eigenvalue weighted by atomic mass is 9.99. The highest BCUT2D eigenvalue weighted by Crippen LogP contribution is 2.36. The second-order valence-electron chi connectivity index (χ2n) is 6.03. The fraction of sp³-hybridized carbons (Fsp3) is 0.300. The number of nitrogens with one attached hydrogen (secondary N) is 2. The topological polar surface area (TPSA) is 61.0 Å². The predicted octanol–water partition coefficient (Wildman–Crippen LogP) is 3.04. The molecule has 26 heavy (non-hydrogen) atoms. The Morgan fingerprint density at radius 2 is 2.08 bits per heavy atom. The van der Waals surface area contributed by atoms with E-state index in [0.717, 1.165) is 18.8 Å². The molecule has 5 nitrogen and oxygen atoms in total. The number of benzene rings is 1. The number of aromatic nitrogens is 2. The van der Waals surface area contributed by atoms with E-state index in [-0.39, 0.29) is 11.5 Å². The van der Waals surface area contributed by atoms with Crippen LogP contribution in [0.4, 0.5) is 10.1 Å². The van der Waals surface area contributed by atoms with Crippen LogP contribution in [0, 0.1) is 24.6 Å². The van der Waals surface area contributed by atoms with E-state index in [2.05, 4.69) is 45.9 Å². The zero-order valence-electron chi connectivity index (χ0n) is 15.1. The van der Waals surface area contributed by atoms with Gasteiger partial charge in [-0.15, -0.1) is 0 Å². The molecule has 2 heterocycles. The molecule has 1 amide bonds. The Balaban J connectivity index is 2.06. The average molecular weight is 352 g/mol. The molecule has 1 aliphatic heterocycles. The first-order valence-corrected chi connectivity index (χ1v) is 8.62. The maximum absolute atomic E-state index is 14.5. The van der Waals surface area contributed by atoms with Crippen LogP contribution in [0.15, 0.2) is 18.5 Å². The van der Waals surface area contributed by atoms with Crippen LogP contribution in [0.1, 0.15) is 36.4 Å². The van der Waals surface area contributed by atoms with Crippen molar-refractivity contribution in [1.82, 2.24) is 14.9 Å². The fourth-order valence-corrected chi connectivity index (χ4v) is 2.86. The van der Waals surface area contributed by atoms with Gasteiger partial charge in [0.25, 0.3) is 5.91 Å². The minimum Gasteiger partial charge on any atom is -0.348 e. The van der Waals surface area contributed by atoms with E-state index < -0.39 is 5.82 Å². The summed E-state index contributed by atoms with van der Waals surface area (Å²) >= 11 is 0. The third-order valence-corrected chi connectivity index (χ3v) is 4.48. The van der Waals surface area contributed by atoms with Crippen molar-refractivity contribution >= 4 is 23.2 Å². The molecule has 0 spiro atoms. The van der Waals surface area contributed by atoms with E-state index in [9.17, 15) is 9.18 Å². The number of halogens is 1. The lowest BCUT2D eigenvalue weighted by molar-refractivity contribution is -0.110. The normalized spacial score (nSPS) is 14.3. The van der Waals surface area contributed by atoms with Crippen LogP contribution in [0.5, 0.6) is 0 Å². The van der Waals surface area contributed by atoms with Crippen molar-refractivity contribution in [3.63, 3.8) is 0 Å². The molecule has 0 fully saturated rings. The van der Waals surface area contributed by atoms with E-state index in [1.165, 1.54) is 6.07 Å². The van der Waals surface area contributed by atoms with E-state index in [1.807, 2.05) is 6.92 Å². The van der Waals surface area contributed by atoms with Crippen molar-refractivity contribution in [2.24, 2.45) is 0 Å². The number of fused-ring (bicyclic) bond motifs is 1. The van der Waals surface area contributed by atoms with Crippen molar-refractivity contribution < 1.29 is 9.18 Å². The summed E-state index contributed by atoms with van der Waals surface area (Å²) in [5.74, 6) is 5.25. The van der Waals surface area contributed by atoms with Crippen LogP contribution in [-0.4, -0.2) is 40.4 Å². The molecular formula is C20H21FN4O. The molecule has 0 saturated carbocycles. The van der Waals surface area contributed by atoms with Gasteiger partial charge in [0.2, 0.25) is 0 Å². The Morgan fingerprint density at radius 3 is 2.73 bits per heavy atom. The Kier molecular flexibility index (Phi) is 5.19. The number of aromatic amines is 1. The molecular weight excluding hydrogens is 331 g/mol. The first-order chi connectivity index (χ1) is 12.5. The van der Waals surface area contributed by atoms with Gasteiger partial charge in [-0.3, -0.25) is 9.69 Å².